The molecule has 3 rings (SSSR count). The standard InChI is InChI=1S/C33H51NO4/c1-10-32(8)19-28(33(9)22(3)12-15-25(18-27(32)36)30(33)23(4)35)38-29(37)21-34(11-2)20-24-13-16-26(17-14-24)31(5,6)7/h10,13-14,16-17,22,25,27-28,30,36H,1,11-12,15,18-21H2,2-9H3/t22?,25?,27-,28+,30?,32+,33-/m0/s1. The Balaban J connectivity index is 1.84. The predicted molar refractivity (Wildman–Crippen MR) is 154 cm³/mol. The van der Waals surface area contributed by atoms with Gasteiger partial charge in [-0.1, -0.05) is 78.8 Å². The summed E-state index contributed by atoms with van der Waals surface area (Å²) in [5, 5.41) is 11.2. The minimum atomic E-state index is -0.630. The molecule has 3 unspecified atom stereocenters. The van der Waals surface area contributed by atoms with Crippen LogP contribution in [0.2, 0.25) is 0 Å². The molecule has 0 aromatic heterocycles. The van der Waals surface area contributed by atoms with E-state index in [1.54, 1.807) is 6.92 Å². The van der Waals surface area contributed by atoms with Crippen molar-refractivity contribution in [2.24, 2.45) is 28.6 Å². The summed E-state index contributed by atoms with van der Waals surface area (Å²) in [6.07, 6.45) is 3.61. The zero-order valence-electron chi connectivity index (χ0n) is 25.0. The summed E-state index contributed by atoms with van der Waals surface area (Å²) < 4.78 is 6.35. The van der Waals surface area contributed by atoms with Crippen molar-refractivity contribution in [3.8, 4) is 0 Å². The molecular formula is C33H51NO4. The summed E-state index contributed by atoms with van der Waals surface area (Å²) in [5.41, 5.74) is 1.46. The second kappa shape index (κ2) is 11.6. The van der Waals surface area contributed by atoms with Crippen LogP contribution in [0.15, 0.2) is 36.9 Å². The van der Waals surface area contributed by atoms with E-state index in [0.29, 0.717) is 19.4 Å². The molecule has 0 heterocycles. The van der Waals surface area contributed by atoms with Crippen molar-refractivity contribution in [1.29, 1.82) is 0 Å². The lowest BCUT2D eigenvalue weighted by Crippen LogP contribution is -2.58. The van der Waals surface area contributed by atoms with E-state index in [1.165, 1.54) is 5.56 Å². The Kier molecular flexibility index (Phi) is 9.36. The molecule has 2 saturated carbocycles. The summed E-state index contributed by atoms with van der Waals surface area (Å²) in [6.45, 7) is 22.3. The molecule has 2 aliphatic rings. The van der Waals surface area contributed by atoms with Crippen LogP contribution in [-0.4, -0.2) is 47.1 Å². The molecule has 0 radical (unpaired) electrons. The van der Waals surface area contributed by atoms with Crippen LogP contribution in [0, 0.1) is 28.6 Å². The van der Waals surface area contributed by atoms with Crippen molar-refractivity contribution in [3.63, 3.8) is 0 Å². The van der Waals surface area contributed by atoms with E-state index in [0.717, 1.165) is 24.9 Å². The van der Waals surface area contributed by atoms with Gasteiger partial charge in [0.2, 0.25) is 0 Å². The number of carbonyl (C=O) groups is 2. The third-order valence-corrected chi connectivity index (χ3v) is 9.98. The number of aliphatic hydroxyl groups is 1. The molecule has 0 spiro atoms. The van der Waals surface area contributed by atoms with Crippen LogP contribution in [0.5, 0.6) is 0 Å². The first-order valence-corrected chi connectivity index (χ1v) is 14.5. The highest BCUT2D eigenvalue weighted by molar-refractivity contribution is 5.80. The fraction of sp³-hybridized carbons (Fsp3) is 0.697. The predicted octanol–water partition coefficient (Wildman–Crippen LogP) is 6.32. The average Bonchev–Trinajstić information content (AvgIpc) is 2.84. The minimum Gasteiger partial charge on any atom is -0.461 e. The zero-order chi connectivity index (χ0) is 28.5. The number of esters is 1. The molecule has 7 atom stereocenters. The molecular weight excluding hydrogens is 474 g/mol. The lowest BCUT2D eigenvalue weighted by atomic mass is 9.50. The second-order valence-corrected chi connectivity index (χ2v) is 13.6. The molecule has 5 nitrogen and oxygen atoms in total. The first-order valence-electron chi connectivity index (χ1n) is 14.5. The van der Waals surface area contributed by atoms with Gasteiger partial charge in [-0.2, -0.15) is 0 Å². The first kappa shape index (κ1) is 30.6. The highest BCUT2D eigenvalue weighted by Gasteiger charge is 2.58. The van der Waals surface area contributed by atoms with Gasteiger partial charge in [-0.25, -0.2) is 0 Å². The van der Waals surface area contributed by atoms with Crippen molar-refractivity contribution in [2.45, 2.75) is 105 Å². The van der Waals surface area contributed by atoms with Crippen LogP contribution in [0.25, 0.3) is 0 Å². The molecule has 2 bridgehead atoms. The first-order chi connectivity index (χ1) is 17.7. The zero-order valence-corrected chi connectivity index (χ0v) is 25.0. The smallest absolute Gasteiger partial charge is 0.320 e. The molecule has 1 N–H and O–H groups in total. The number of carbonyl (C=O) groups excluding carboxylic acids is 2. The number of ketones is 1. The van der Waals surface area contributed by atoms with Crippen molar-refractivity contribution < 1.29 is 19.4 Å². The van der Waals surface area contributed by atoms with Gasteiger partial charge in [-0.05, 0) is 67.5 Å². The van der Waals surface area contributed by atoms with E-state index in [4.69, 9.17) is 4.74 Å². The topological polar surface area (TPSA) is 66.8 Å². The van der Waals surface area contributed by atoms with Gasteiger partial charge in [-0.3, -0.25) is 14.5 Å². The monoisotopic (exact) mass is 525 g/mol. The molecule has 1 aromatic carbocycles. The molecule has 212 valence electrons. The van der Waals surface area contributed by atoms with E-state index in [9.17, 15) is 14.7 Å². The molecule has 2 fully saturated rings. The number of aliphatic hydroxyl groups excluding tert-OH is 1. The highest BCUT2D eigenvalue weighted by atomic mass is 16.5. The summed E-state index contributed by atoms with van der Waals surface area (Å²) in [4.78, 5) is 28.6. The number of hydrogen-bond donors (Lipinski definition) is 1. The van der Waals surface area contributed by atoms with Gasteiger partial charge < -0.3 is 9.84 Å². The fourth-order valence-electron chi connectivity index (χ4n) is 7.02. The van der Waals surface area contributed by atoms with Crippen molar-refractivity contribution in [3.05, 3.63) is 48.0 Å². The number of Topliss-reactive ketones (excluding diaryl/α,β-unsaturated/α-hetero) is 1. The molecule has 0 aliphatic heterocycles. The lowest BCUT2D eigenvalue weighted by Gasteiger charge is -2.56. The summed E-state index contributed by atoms with van der Waals surface area (Å²) in [7, 11) is 0. The number of hydrogen-bond acceptors (Lipinski definition) is 5. The van der Waals surface area contributed by atoms with Crippen LogP contribution in [0.3, 0.4) is 0 Å². The average molecular weight is 526 g/mol. The number of benzene rings is 1. The maximum atomic E-state index is 13.5. The van der Waals surface area contributed by atoms with E-state index in [2.05, 4.69) is 77.3 Å². The van der Waals surface area contributed by atoms with Crippen molar-refractivity contribution >= 4 is 11.8 Å². The van der Waals surface area contributed by atoms with Gasteiger partial charge in [0, 0.05) is 23.3 Å². The minimum absolute atomic E-state index is 0.0766. The van der Waals surface area contributed by atoms with Gasteiger partial charge in [-0.15, -0.1) is 6.58 Å². The molecule has 2 aliphatic carbocycles. The Morgan fingerprint density at radius 3 is 2.34 bits per heavy atom. The van der Waals surface area contributed by atoms with Gasteiger partial charge in [0.05, 0.1) is 12.6 Å². The third-order valence-electron chi connectivity index (χ3n) is 9.98. The molecule has 0 amide bonds. The lowest BCUT2D eigenvalue weighted by molar-refractivity contribution is -0.186. The summed E-state index contributed by atoms with van der Waals surface area (Å²) in [5.74, 6) is -0.0846. The number of rotatable bonds is 8. The van der Waals surface area contributed by atoms with Gasteiger partial charge in [0.15, 0.2) is 0 Å². The largest absolute Gasteiger partial charge is 0.461 e. The summed E-state index contributed by atoms with van der Waals surface area (Å²) >= 11 is 0. The Hall–Kier alpha value is -1.98. The Morgan fingerprint density at radius 1 is 1.18 bits per heavy atom. The Morgan fingerprint density at radius 2 is 1.82 bits per heavy atom. The van der Waals surface area contributed by atoms with Crippen LogP contribution in [0.1, 0.15) is 92.2 Å². The van der Waals surface area contributed by atoms with E-state index in [-0.39, 0.29) is 41.5 Å². The highest BCUT2D eigenvalue weighted by Crippen LogP contribution is 2.57. The SMILES string of the molecule is C=C[C@]1(C)C[C@@H](OC(=O)CN(CC)Cc2ccc(C(C)(C)C)cc2)[C@]2(C)C(C)CCC(C[C@@H]1O)C2C(C)=O. The quantitative estimate of drug-likeness (QED) is 0.318. The van der Waals surface area contributed by atoms with Crippen molar-refractivity contribution in [2.75, 3.05) is 13.1 Å². The normalized spacial score (nSPS) is 33.8. The Labute approximate surface area is 231 Å². The van der Waals surface area contributed by atoms with Crippen LogP contribution in [-0.2, 0) is 26.3 Å². The second-order valence-electron chi connectivity index (χ2n) is 13.6. The van der Waals surface area contributed by atoms with Crippen molar-refractivity contribution in [1.82, 2.24) is 4.90 Å². The van der Waals surface area contributed by atoms with Gasteiger partial charge in [0.1, 0.15) is 11.9 Å². The van der Waals surface area contributed by atoms with Crippen LogP contribution in [0.4, 0.5) is 0 Å². The van der Waals surface area contributed by atoms with Gasteiger partial charge in [0.25, 0.3) is 0 Å². The number of ether oxygens (including phenoxy) is 1. The van der Waals surface area contributed by atoms with E-state index < -0.39 is 23.0 Å². The van der Waals surface area contributed by atoms with Crippen LogP contribution < -0.4 is 0 Å². The maximum absolute atomic E-state index is 13.5. The fourth-order valence-corrected chi connectivity index (χ4v) is 7.02. The summed E-state index contributed by atoms with van der Waals surface area (Å²) in [6, 6.07) is 8.62. The molecule has 5 heteroatoms. The third kappa shape index (κ3) is 6.25. The van der Waals surface area contributed by atoms with E-state index in [1.807, 2.05) is 13.0 Å². The molecule has 0 saturated heterocycles. The molecule has 38 heavy (non-hydrogen) atoms. The number of likely N-dealkylation sites (N-methyl/N-ethyl adjacent to an activating group) is 1. The molecule has 1 aromatic rings. The number of fused-ring (bicyclic) bond motifs is 2. The number of nitrogens with zero attached hydrogens (tertiary/aromatic N) is 1. The van der Waals surface area contributed by atoms with E-state index >= 15 is 0 Å². The Bertz CT molecular complexity index is 995. The van der Waals surface area contributed by atoms with Gasteiger partial charge >= 0.3 is 5.97 Å². The van der Waals surface area contributed by atoms with Crippen LogP contribution >= 0.6 is 0 Å². The maximum Gasteiger partial charge on any atom is 0.320 e.